The first kappa shape index (κ1) is 50.1. The first-order valence-corrected chi connectivity index (χ1v) is 28.0. The molecule has 0 aliphatic rings. The molecular formula is C74H58N8. The fraction of sp³-hybridized carbons (Fsp3) is 0.108. The van der Waals surface area contributed by atoms with E-state index >= 15 is 0 Å². The van der Waals surface area contributed by atoms with Gasteiger partial charge in [-0.2, -0.15) is 0 Å². The van der Waals surface area contributed by atoms with E-state index in [0.717, 1.165) is 77.9 Å². The second-order valence-electron chi connectivity index (χ2n) is 23.2. The third-order valence-corrected chi connectivity index (χ3v) is 15.8. The molecule has 0 atom stereocenters. The first-order valence-electron chi connectivity index (χ1n) is 28.0. The lowest BCUT2D eigenvalue weighted by atomic mass is 9.86. The monoisotopic (exact) mass is 1060 g/mol. The number of aromatic nitrogens is 8. The van der Waals surface area contributed by atoms with Crippen molar-refractivity contribution in [2.75, 3.05) is 0 Å². The molecule has 0 bridgehead atoms. The second-order valence-corrected chi connectivity index (χ2v) is 23.2. The van der Waals surface area contributed by atoms with Crippen LogP contribution in [0.2, 0.25) is 0 Å². The predicted octanol–water partition coefficient (Wildman–Crippen LogP) is 18.5. The summed E-state index contributed by atoms with van der Waals surface area (Å²) < 4.78 is 4.88. The van der Waals surface area contributed by atoms with Crippen molar-refractivity contribution in [2.24, 2.45) is 0 Å². The van der Waals surface area contributed by atoms with Crippen LogP contribution in [0.3, 0.4) is 0 Å². The molecule has 8 heteroatoms. The molecule has 394 valence electrons. The van der Waals surface area contributed by atoms with Crippen LogP contribution in [-0.2, 0) is 10.8 Å². The lowest BCUT2D eigenvalue weighted by Gasteiger charge is -2.22. The fourth-order valence-electron chi connectivity index (χ4n) is 11.4. The number of hydrogen-bond acceptors (Lipinski definition) is 6. The van der Waals surface area contributed by atoms with E-state index in [1.54, 1.807) is 0 Å². The van der Waals surface area contributed by atoms with Crippen LogP contribution in [0.1, 0.15) is 52.7 Å². The van der Waals surface area contributed by atoms with Crippen LogP contribution in [0, 0.1) is 0 Å². The molecule has 0 saturated carbocycles. The van der Waals surface area contributed by atoms with Gasteiger partial charge in [0, 0.05) is 66.1 Å². The minimum atomic E-state index is -0.0625. The highest BCUT2D eigenvalue weighted by molar-refractivity contribution is 6.12. The zero-order valence-electron chi connectivity index (χ0n) is 46.7. The smallest absolute Gasteiger partial charge is 0.164 e. The molecule has 0 saturated heterocycles. The molecule has 0 aliphatic heterocycles. The van der Waals surface area contributed by atoms with E-state index < -0.39 is 0 Å². The van der Waals surface area contributed by atoms with Gasteiger partial charge in [-0.3, -0.25) is 0 Å². The van der Waals surface area contributed by atoms with E-state index in [1.807, 2.05) is 72.8 Å². The summed E-state index contributed by atoms with van der Waals surface area (Å²) >= 11 is 0. The van der Waals surface area contributed by atoms with Crippen LogP contribution < -0.4 is 0 Å². The zero-order valence-corrected chi connectivity index (χ0v) is 46.7. The largest absolute Gasteiger partial charge is 0.309 e. The van der Waals surface area contributed by atoms with Gasteiger partial charge in [-0.05, 0) is 94.8 Å². The van der Waals surface area contributed by atoms with Gasteiger partial charge in [0.25, 0.3) is 0 Å². The normalized spacial score (nSPS) is 12.0. The van der Waals surface area contributed by atoms with Gasteiger partial charge in [-0.1, -0.05) is 211 Å². The van der Waals surface area contributed by atoms with Crippen LogP contribution in [0.4, 0.5) is 0 Å². The third kappa shape index (κ3) is 8.99. The predicted molar refractivity (Wildman–Crippen MR) is 337 cm³/mol. The molecule has 8 nitrogen and oxygen atoms in total. The number of nitrogens with zero attached hydrogens (tertiary/aromatic N) is 8. The number of rotatable bonds is 9. The molecular weight excluding hydrogens is 1000 g/mol. The molecule has 82 heavy (non-hydrogen) atoms. The summed E-state index contributed by atoms with van der Waals surface area (Å²) in [6.45, 7) is 13.7. The van der Waals surface area contributed by atoms with Crippen molar-refractivity contribution in [2.45, 2.75) is 52.4 Å². The maximum atomic E-state index is 5.32. The minimum Gasteiger partial charge on any atom is -0.309 e. The standard InChI is InChI=1S/C74H58N8/c1-73(2,3)53-37-41-65-59(45-53)55-31-19-21-33-61(55)81(65)63-39-35-51(71-77-67(47-23-11-7-12-24-47)75-68(78-71)48-25-13-8-14-26-48)43-57(63)58-44-52(72-79-69(49-27-15-9-16-28-49)76-70(80-72)50-29-17-10-18-30-50)36-40-64(58)82-62-34-22-20-32-56(62)60-46-54(74(4,5)6)38-42-66(60)82/h7-46H,1-6H3. The SMILES string of the molecule is CC(C)(C)c1ccc2c(c1)c1ccccc1n2-c1ccc(-c2nc(-c3ccccc3)nc(-c3ccccc3)n2)cc1-c1cc(-c2nc(-c3ccccc3)nc(-c3ccccc3)n2)ccc1-n1c2ccccc2c2cc(C(C)(C)C)ccc21. The van der Waals surface area contributed by atoms with E-state index in [-0.39, 0.29) is 10.8 Å². The highest BCUT2D eigenvalue weighted by atomic mass is 15.1. The third-order valence-electron chi connectivity index (χ3n) is 15.8. The van der Waals surface area contributed by atoms with Gasteiger partial charge in [-0.25, -0.2) is 29.9 Å². The molecule has 14 rings (SSSR count). The number of benzene rings is 10. The Labute approximate surface area is 477 Å². The van der Waals surface area contributed by atoms with Crippen molar-refractivity contribution in [1.29, 1.82) is 0 Å². The van der Waals surface area contributed by atoms with Crippen LogP contribution in [0.5, 0.6) is 0 Å². The van der Waals surface area contributed by atoms with Crippen molar-refractivity contribution in [3.63, 3.8) is 0 Å². The van der Waals surface area contributed by atoms with E-state index in [9.17, 15) is 0 Å². The molecule has 10 aromatic carbocycles. The van der Waals surface area contributed by atoms with E-state index in [2.05, 4.69) is 221 Å². The average molecular weight is 1060 g/mol. The Balaban J connectivity index is 1.11. The minimum absolute atomic E-state index is 0.0625. The Morgan fingerprint density at radius 1 is 0.244 bits per heavy atom. The Morgan fingerprint density at radius 2 is 0.524 bits per heavy atom. The van der Waals surface area contributed by atoms with Gasteiger partial charge in [-0.15, -0.1) is 0 Å². The Hall–Kier alpha value is -10.2. The summed E-state index contributed by atoms with van der Waals surface area (Å²) in [7, 11) is 0. The number of para-hydroxylation sites is 2. The summed E-state index contributed by atoms with van der Waals surface area (Å²) in [6, 6.07) is 85.6. The van der Waals surface area contributed by atoms with E-state index in [4.69, 9.17) is 29.9 Å². The van der Waals surface area contributed by atoms with Crippen LogP contribution in [-0.4, -0.2) is 39.0 Å². The second kappa shape index (κ2) is 19.9. The molecule has 0 fully saturated rings. The van der Waals surface area contributed by atoms with Crippen molar-refractivity contribution in [1.82, 2.24) is 39.0 Å². The quantitative estimate of drug-likeness (QED) is 0.143. The van der Waals surface area contributed by atoms with Gasteiger partial charge in [0.05, 0.1) is 33.4 Å². The molecule has 0 unspecified atom stereocenters. The lowest BCUT2D eigenvalue weighted by molar-refractivity contribution is 0.591. The van der Waals surface area contributed by atoms with Gasteiger partial charge in [0.1, 0.15) is 0 Å². The summed E-state index contributed by atoms with van der Waals surface area (Å²) in [5.41, 5.74) is 16.0. The van der Waals surface area contributed by atoms with Crippen molar-refractivity contribution in [3.8, 4) is 90.8 Å². The molecule has 0 amide bonds. The van der Waals surface area contributed by atoms with E-state index in [0.29, 0.717) is 34.9 Å². The summed E-state index contributed by atoms with van der Waals surface area (Å²) in [4.78, 5) is 31.5. The fourth-order valence-corrected chi connectivity index (χ4v) is 11.4. The maximum Gasteiger partial charge on any atom is 0.164 e. The zero-order chi connectivity index (χ0) is 55.7. The highest BCUT2D eigenvalue weighted by Gasteiger charge is 2.26. The van der Waals surface area contributed by atoms with Crippen molar-refractivity contribution in [3.05, 3.63) is 254 Å². The lowest BCUT2D eigenvalue weighted by Crippen LogP contribution is -2.10. The van der Waals surface area contributed by atoms with Crippen LogP contribution >= 0.6 is 0 Å². The van der Waals surface area contributed by atoms with Gasteiger partial charge < -0.3 is 9.13 Å². The number of fused-ring (bicyclic) bond motifs is 6. The topological polar surface area (TPSA) is 87.2 Å². The highest BCUT2D eigenvalue weighted by Crippen LogP contribution is 2.45. The molecule has 4 heterocycles. The number of hydrogen-bond donors (Lipinski definition) is 0. The average Bonchev–Trinajstić information content (AvgIpc) is 3.94. The Bertz CT molecular complexity index is 4320. The molecule has 0 aliphatic carbocycles. The Kier molecular flexibility index (Phi) is 12.1. The summed E-state index contributed by atoms with van der Waals surface area (Å²) in [5, 5.41) is 4.73. The molecule has 4 aromatic heterocycles. The molecule has 0 N–H and O–H groups in total. The molecule has 14 aromatic rings. The van der Waals surface area contributed by atoms with Gasteiger partial charge in [0.2, 0.25) is 0 Å². The van der Waals surface area contributed by atoms with Gasteiger partial charge >= 0.3 is 0 Å². The van der Waals surface area contributed by atoms with Crippen LogP contribution in [0.25, 0.3) is 134 Å². The molecule has 0 spiro atoms. The summed E-state index contributed by atoms with van der Waals surface area (Å²) in [5.74, 6) is 3.47. The maximum absolute atomic E-state index is 5.32. The van der Waals surface area contributed by atoms with Gasteiger partial charge in [0.15, 0.2) is 34.9 Å². The first-order chi connectivity index (χ1) is 39.9. The summed E-state index contributed by atoms with van der Waals surface area (Å²) in [6.07, 6.45) is 0. The molecule has 0 radical (unpaired) electrons. The van der Waals surface area contributed by atoms with E-state index in [1.165, 1.54) is 32.7 Å². The van der Waals surface area contributed by atoms with Crippen molar-refractivity contribution < 1.29 is 0 Å². The Morgan fingerprint density at radius 3 is 0.841 bits per heavy atom. The van der Waals surface area contributed by atoms with Crippen molar-refractivity contribution >= 4 is 43.6 Å². The van der Waals surface area contributed by atoms with Crippen LogP contribution in [0.15, 0.2) is 243 Å².